The van der Waals surface area contributed by atoms with Crippen LogP contribution in [0.15, 0.2) is 18.5 Å². The van der Waals surface area contributed by atoms with Crippen LogP contribution in [0.25, 0.3) is 33.1 Å². The molecule has 0 N–H and O–H groups in total. The maximum Gasteiger partial charge on any atom is 0.422 e. The molecule has 1 unspecified atom stereocenters. The lowest BCUT2D eigenvalue weighted by Gasteiger charge is -2.52. The van der Waals surface area contributed by atoms with Crippen LogP contribution in [0, 0.1) is 11.2 Å². The number of carbonyl (C=O) groups is 1. The van der Waals surface area contributed by atoms with Gasteiger partial charge in [0.15, 0.2) is 18.7 Å². The van der Waals surface area contributed by atoms with Crippen molar-refractivity contribution in [1.29, 1.82) is 0 Å². The molecular weight excluding hydrogens is 877 g/mol. The summed E-state index contributed by atoms with van der Waals surface area (Å²) in [5, 5.41) is 5.44. The number of hydrogen-bond acceptors (Lipinski definition) is 11. The molecule has 1 saturated carbocycles. The van der Waals surface area contributed by atoms with Crippen LogP contribution in [0.1, 0.15) is 110 Å². The van der Waals surface area contributed by atoms with E-state index in [-0.39, 0.29) is 60.0 Å². The van der Waals surface area contributed by atoms with Crippen LogP contribution in [0.5, 0.6) is 11.9 Å². The number of piperidine rings is 1. The monoisotopic (exact) mass is 933 g/mol. The maximum atomic E-state index is 17.4. The number of halogens is 6. The third-order valence-electron chi connectivity index (χ3n) is 13.7. The molecule has 0 bridgehead atoms. The van der Waals surface area contributed by atoms with Gasteiger partial charge in [0.1, 0.15) is 29.6 Å². The van der Waals surface area contributed by atoms with Crippen molar-refractivity contribution < 1.29 is 50.4 Å². The minimum absolute atomic E-state index is 0.0310. The molecule has 3 atom stereocenters. The number of unbranched alkanes of at least 4 members (excludes halogenated alkanes) is 1. The van der Waals surface area contributed by atoms with Gasteiger partial charge in [0.25, 0.3) is 0 Å². The van der Waals surface area contributed by atoms with Gasteiger partial charge in [-0.15, -0.1) is 0 Å². The normalized spacial score (nSPS) is 26.2. The summed E-state index contributed by atoms with van der Waals surface area (Å²) < 4.78 is 103. The Morgan fingerprint density at radius 3 is 2.58 bits per heavy atom. The fourth-order valence-corrected chi connectivity index (χ4v) is 11.0. The van der Waals surface area contributed by atoms with Crippen molar-refractivity contribution in [1.82, 2.24) is 34.5 Å². The Labute approximate surface area is 379 Å². The van der Waals surface area contributed by atoms with Crippen molar-refractivity contribution in [3.63, 3.8) is 0 Å². The van der Waals surface area contributed by atoms with Crippen molar-refractivity contribution in [2.75, 3.05) is 52.6 Å². The van der Waals surface area contributed by atoms with E-state index in [0.717, 1.165) is 51.4 Å². The van der Waals surface area contributed by atoms with Crippen LogP contribution in [-0.4, -0.2) is 123 Å². The van der Waals surface area contributed by atoms with Gasteiger partial charge in [-0.1, -0.05) is 11.6 Å². The number of carbonyl (C=O) groups excluding carboxylic acids is 1. The summed E-state index contributed by atoms with van der Waals surface area (Å²) >= 11 is 7.13. The third-order valence-corrected chi connectivity index (χ3v) is 14.0. The molecule has 4 aliphatic heterocycles. The number of amides is 1. The second kappa shape index (κ2) is 18.2. The molecule has 0 radical (unpaired) electrons. The Balaban J connectivity index is 0.973. The summed E-state index contributed by atoms with van der Waals surface area (Å²) in [6.45, 7) is 7.26. The van der Waals surface area contributed by atoms with Gasteiger partial charge in [0.05, 0.1) is 28.7 Å². The van der Waals surface area contributed by atoms with E-state index in [1.807, 2.05) is 36.6 Å². The molecule has 5 aliphatic rings. The first kappa shape index (κ1) is 46.0. The van der Waals surface area contributed by atoms with Gasteiger partial charge < -0.3 is 28.6 Å². The average Bonchev–Trinajstić information content (AvgIpc) is 3.93. The van der Waals surface area contributed by atoms with Gasteiger partial charge >= 0.3 is 18.3 Å². The quantitative estimate of drug-likeness (QED) is 0.0940. The lowest BCUT2D eigenvalue weighted by Crippen LogP contribution is -2.55. The van der Waals surface area contributed by atoms with Crippen LogP contribution in [0.2, 0.25) is 5.02 Å². The van der Waals surface area contributed by atoms with E-state index in [9.17, 15) is 22.4 Å². The molecule has 13 nitrogen and oxygen atoms in total. The zero-order valence-electron chi connectivity index (χ0n) is 37.2. The molecule has 1 amide bonds. The second-order valence-corrected chi connectivity index (χ2v) is 20.1. The van der Waals surface area contributed by atoms with E-state index in [0.29, 0.717) is 85.6 Å². The Morgan fingerprint density at radius 1 is 1.00 bits per heavy atom. The Bertz CT molecular complexity index is 2390. The molecule has 1 aromatic carbocycles. The number of ether oxygens (including phenoxy) is 5. The maximum absolute atomic E-state index is 17.4. The van der Waals surface area contributed by atoms with Gasteiger partial charge in [-0.2, -0.15) is 28.2 Å². The molecular formula is C46H57ClF5N7O6. The van der Waals surface area contributed by atoms with Crippen molar-refractivity contribution in [3.8, 4) is 23.1 Å². The smallest absolute Gasteiger partial charge is 0.422 e. The van der Waals surface area contributed by atoms with E-state index in [1.54, 1.807) is 10.9 Å². The van der Waals surface area contributed by atoms with Crippen molar-refractivity contribution in [2.45, 2.75) is 140 Å². The highest BCUT2D eigenvalue weighted by atomic mass is 35.5. The summed E-state index contributed by atoms with van der Waals surface area (Å²) in [6.07, 6.45) is 6.30. The van der Waals surface area contributed by atoms with Crippen LogP contribution in [0.4, 0.5) is 26.7 Å². The zero-order chi connectivity index (χ0) is 45.7. The standard InChI is InChI=1S/C46H57ClF5N7O6/c1-43(2,3)65-42(60)57-14-8-12-44(25-57)20-29(21-44)61-16-6-4-10-30-33(47)18-34-31(23-54-59(34)35-11-5-7-17-62-35)36(30)39-37(49)38-32(22-53-39)40(63-27-46(50,51)52)56-41(55-38)64-26-45-13-9-15-58(45)24-28(48)19-45/h18,22-23,28-29,35H,4-17,19-21,24-27H2,1-3H3/t28-,29?,35?,44?,45+/m1/s1. The molecule has 1 aliphatic carbocycles. The Hall–Kier alpha value is -4.13. The molecule has 1 spiro atoms. The first-order chi connectivity index (χ1) is 31.0. The minimum atomic E-state index is -4.72. The highest BCUT2D eigenvalue weighted by molar-refractivity contribution is 6.33. The summed E-state index contributed by atoms with van der Waals surface area (Å²) in [7, 11) is 0. The van der Waals surface area contributed by atoms with E-state index >= 15 is 4.39 Å². The topological polar surface area (TPSA) is 126 Å². The summed E-state index contributed by atoms with van der Waals surface area (Å²) in [5.74, 6) is -1.48. The van der Waals surface area contributed by atoms with Crippen molar-refractivity contribution in [3.05, 3.63) is 34.9 Å². The highest BCUT2D eigenvalue weighted by Crippen LogP contribution is 2.49. The van der Waals surface area contributed by atoms with Gasteiger partial charge in [-0.25, -0.2) is 18.3 Å². The van der Waals surface area contributed by atoms with Crippen molar-refractivity contribution >= 4 is 39.5 Å². The number of fused-ring (bicyclic) bond motifs is 3. The Kier molecular flexibility index (Phi) is 12.9. The summed E-state index contributed by atoms with van der Waals surface area (Å²) in [5.41, 5.74) is -0.0178. The van der Waals surface area contributed by atoms with Gasteiger partial charge in [-0.05, 0) is 121 Å². The van der Waals surface area contributed by atoms with Crippen LogP contribution >= 0.6 is 11.6 Å². The van der Waals surface area contributed by atoms with Gasteiger partial charge in [0, 0.05) is 61.4 Å². The fraction of sp³-hybridized carbons (Fsp3) is 0.674. The number of hydrogen-bond donors (Lipinski definition) is 0. The summed E-state index contributed by atoms with van der Waals surface area (Å²) in [4.78, 5) is 29.7. The van der Waals surface area contributed by atoms with E-state index < -0.39 is 47.8 Å². The number of likely N-dealkylation sites (tertiary alicyclic amines) is 1. The van der Waals surface area contributed by atoms with Crippen molar-refractivity contribution in [2.24, 2.45) is 5.41 Å². The Morgan fingerprint density at radius 2 is 1.82 bits per heavy atom. The molecule has 65 heavy (non-hydrogen) atoms. The predicted molar refractivity (Wildman–Crippen MR) is 231 cm³/mol. The van der Waals surface area contributed by atoms with Gasteiger partial charge in [0.2, 0.25) is 5.88 Å². The molecule has 4 saturated heterocycles. The first-order valence-electron chi connectivity index (χ1n) is 23.0. The number of nitrogens with zero attached hydrogens (tertiary/aromatic N) is 7. The molecule has 4 aromatic rings. The van der Waals surface area contributed by atoms with E-state index in [4.69, 9.17) is 40.4 Å². The SMILES string of the molecule is CC(C)(C)OC(=O)N1CCCC2(CC(OCCCCc3c(Cl)cc4c(cnn4C4CCCCO4)c3-c3ncc4c(OCC(F)(F)F)nc(OC[C@@]56CCCN5C[C@H](F)C6)nc4c3F)C2)C1. The molecule has 19 heteroatoms. The number of aromatic nitrogens is 5. The highest BCUT2D eigenvalue weighted by Gasteiger charge is 2.50. The fourth-order valence-electron chi connectivity index (χ4n) is 10.7. The largest absolute Gasteiger partial charge is 0.467 e. The van der Waals surface area contributed by atoms with Crippen LogP contribution < -0.4 is 9.47 Å². The van der Waals surface area contributed by atoms with Gasteiger partial charge in [-0.3, -0.25) is 9.88 Å². The number of pyridine rings is 1. The van der Waals surface area contributed by atoms with E-state index in [1.165, 1.54) is 6.20 Å². The van der Waals surface area contributed by atoms with E-state index in [2.05, 4.69) is 15.0 Å². The lowest BCUT2D eigenvalue weighted by atomic mass is 9.62. The summed E-state index contributed by atoms with van der Waals surface area (Å²) in [6, 6.07) is 1.41. The predicted octanol–water partition coefficient (Wildman–Crippen LogP) is 9.95. The molecule has 7 heterocycles. The first-order valence-corrected chi connectivity index (χ1v) is 23.3. The number of alkyl halides is 4. The second-order valence-electron chi connectivity index (χ2n) is 19.7. The minimum Gasteiger partial charge on any atom is -0.467 e. The third kappa shape index (κ3) is 9.82. The average molecular weight is 934 g/mol. The lowest BCUT2D eigenvalue weighted by molar-refractivity contribution is -0.153. The number of benzene rings is 1. The molecule has 3 aromatic heterocycles. The molecule has 5 fully saturated rings. The number of rotatable bonds is 13. The zero-order valence-corrected chi connectivity index (χ0v) is 37.9. The molecule has 354 valence electrons. The van der Waals surface area contributed by atoms with Crippen LogP contribution in [0.3, 0.4) is 0 Å². The molecule has 9 rings (SSSR count). The van der Waals surface area contributed by atoms with Crippen LogP contribution in [-0.2, 0) is 20.6 Å².